The molecule has 0 saturated heterocycles. The lowest BCUT2D eigenvalue weighted by Gasteiger charge is -2.09. The number of anilines is 1. The lowest BCUT2D eigenvalue weighted by molar-refractivity contribution is -0.163. The maximum absolute atomic E-state index is 12.9. The van der Waals surface area contributed by atoms with Gasteiger partial charge in [0.2, 0.25) is 0 Å². The van der Waals surface area contributed by atoms with Gasteiger partial charge in [-0.2, -0.15) is 5.26 Å². The molecule has 30 heavy (non-hydrogen) atoms. The average Bonchev–Trinajstić information content (AvgIpc) is 3.01. The molecule has 0 radical (unpaired) electrons. The minimum atomic E-state index is -3.89. The first kappa shape index (κ1) is 22.4. The minimum Gasteiger partial charge on any atom is -0.473 e. The number of aliphatic carboxylic acids is 1. The third kappa shape index (κ3) is 4.42. The van der Waals surface area contributed by atoms with Crippen molar-refractivity contribution in [3.8, 4) is 6.07 Å². The van der Waals surface area contributed by atoms with Gasteiger partial charge in [-0.1, -0.05) is 35.9 Å². The molecule has 3 aromatic rings. The number of nitrogens with two attached hydrogens (primary N) is 1. The Labute approximate surface area is 173 Å². The summed E-state index contributed by atoms with van der Waals surface area (Å²) < 4.78 is 30.9. The number of carbonyl (C=O) groups is 2. The van der Waals surface area contributed by atoms with E-state index in [0.29, 0.717) is 10.9 Å². The summed E-state index contributed by atoms with van der Waals surface area (Å²) in [5, 5.41) is 17.7. The number of carboxylic acid groups (broad SMARTS) is 1. The van der Waals surface area contributed by atoms with Gasteiger partial charge in [0, 0.05) is 5.39 Å². The highest BCUT2D eigenvalue weighted by molar-refractivity contribution is 7.90. The standard InChI is InChI=1S/C16H13N3O2S.C4H6O4/c1-11-6-8-12(9-7-11)22(20,21)19-14-5-3-2-4-13(14)16(18)15(19)10-17;1-2-8-4(7)3(5)6/h2-9H,18H2,1H3;2H2,1H3,(H,5,6). The van der Waals surface area contributed by atoms with Gasteiger partial charge in [-0.05, 0) is 32.0 Å². The predicted molar refractivity (Wildman–Crippen MR) is 109 cm³/mol. The minimum absolute atomic E-state index is 0.0678. The first-order chi connectivity index (χ1) is 14.1. The molecule has 3 rings (SSSR count). The molecular weight excluding hydrogens is 410 g/mol. The number of hydrogen-bond acceptors (Lipinski definition) is 7. The quantitative estimate of drug-likeness (QED) is 0.475. The average molecular weight is 429 g/mol. The summed E-state index contributed by atoms with van der Waals surface area (Å²) in [6, 6.07) is 15.2. The van der Waals surface area contributed by atoms with Crippen LogP contribution in [-0.2, 0) is 24.3 Å². The number of para-hydroxylation sites is 1. The molecule has 9 nitrogen and oxygen atoms in total. The van der Waals surface area contributed by atoms with Crippen LogP contribution in [-0.4, -0.2) is 36.0 Å². The van der Waals surface area contributed by atoms with E-state index in [0.717, 1.165) is 9.54 Å². The molecular formula is C20H19N3O6S. The highest BCUT2D eigenvalue weighted by atomic mass is 32.2. The summed E-state index contributed by atoms with van der Waals surface area (Å²) in [6.07, 6.45) is 0. The van der Waals surface area contributed by atoms with Crippen LogP contribution in [0.1, 0.15) is 18.2 Å². The van der Waals surface area contributed by atoms with E-state index >= 15 is 0 Å². The highest BCUT2D eigenvalue weighted by Crippen LogP contribution is 2.31. The van der Waals surface area contributed by atoms with E-state index in [4.69, 9.17) is 10.8 Å². The van der Waals surface area contributed by atoms with E-state index in [1.807, 2.05) is 13.0 Å². The Morgan fingerprint density at radius 1 is 1.17 bits per heavy atom. The zero-order valence-corrected chi connectivity index (χ0v) is 17.0. The second-order valence-corrected chi connectivity index (χ2v) is 7.79. The van der Waals surface area contributed by atoms with Gasteiger partial charge in [-0.3, -0.25) is 0 Å². The maximum Gasteiger partial charge on any atom is 0.417 e. The molecule has 1 aromatic heterocycles. The second-order valence-electron chi connectivity index (χ2n) is 6.00. The van der Waals surface area contributed by atoms with Crippen LogP contribution >= 0.6 is 0 Å². The molecule has 0 aliphatic heterocycles. The zero-order chi connectivity index (χ0) is 22.5. The number of aromatic nitrogens is 1. The first-order valence-electron chi connectivity index (χ1n) is 8.66. The molecule has 1 heterocycles. The Kier molecular flexibility index (Phi) is 6.81. The van der Waals surface area contributed by atoms with Crippen molar-refractivity contribution >= 4 is 38.6 Å². The van der Waals surface area contributed by atoms with Crippen LogP contribution in [0.25, 0.3) is 10.9 Å². The molecule has 0 aliphatic rings. The highest BCUT2D eigenvalue weighted by Gasteiger charge is 2.25. The third-order valence-corrected chi connectivity index (χ3v) is 5.71. The number of nitriles is 1. The van der Waals surface area contributed by atoms with Crippen molar-refractivity contribution in [2.45, 2.75) is 18.7 Å². The number of nitrogen functional groups attached to an aromatic ring is 1. The lowest BCUT2D eigenvalue weighted by atomic mass is 10.2. The number of carbonyl (C=O) groups excluding carboxylic acids is 1. The molecule has 0 amide bonds. The summed E-state index contributed by atoms with van der Waals surface area (Å²) in [6.45, 7) is 3.52. The van der Waals surface area contributed by atoms with E-state index < -0.39 is 22.0 Å². The summed E-state index contributed by atoms with van der Waals surface area (Å²) in [4.78, 5) is 19.7. The summed E-state index contributed by atoms with van der Waals surface area (Å²) >= 11 is 0. The molecule has 0 unspecified atom stereocenters. The van der Waals surface area contributed by atoms with Gasteiger partial charge in [0.15, 0.2) is 5.69 Å². The zero-order valence-electron chi connectivity index (χ0n) is 16.2. The Bertz CT molecular complexity index is 1240. The Morgan fingerprint density at radius 2 is 1.77 bits per heavy atom. The molecule has 0 atom stereocenters. The number of nitrogens with zero attached hydrogens (tertiary/aromatic N) is 2. The van der Waals surface area contributed by atoms with E-state index in [2.05, 4.69) is 4.74 Å². The summed E-state index contributed by atoms with van der Waals surface area (Å²) in [7, 11) is -3.89. The van der Waals surface area contributed by atoms with Crippen LogP contribution in [0.4, 0.5) is 5.69 Å². The number of esters is 1. The van der Waals surface area contributed by atoms with Gasteiger partial charge in [0.05, 0.1) is 22.7 Å². The second kappa shape index (κ2) is 9.11. The molecule has 2 aromatic carbocycles. The number of ether oxygens (including phenoxy) is 1. The number of carboxylic acids is 1. The van der Waals surface area contributed by atoms with Gasteiger partial charge in [-0.25, -0.2) is 22.0 Å². The smallest absolute Gasteiger partial charge is 0.417 e. The molecule has 0 aliphatic carbocycles. The summed E-state index contributed by atoms with van der Waals surface area (Å²) in [5.41, 5.74) is 7.40. The van der Waals surface area contributed by atoms with Gasteiger partial charge >= 0.3 is 11.9 Å². The molecule has 0 fully saturated rings. The van der Waals surface area contributed by atoms with Crippen molar-refractivity contribution in [3.05, 3.63) is 59.8 Å². The SMILES string of the molecule is CCOC(=O)C(=O)O.Cc1ccc(S(=O)(=O)n2c(C#N)c(N)c3ccccc32)cc1. The lowest BCUT2D eigenvalue weighted by Crippen LogP contribution is -2.15. The van der Waals surface area contributed by atoms with Crippen molar-refractivity contribution in [1.29, 1.82) is 5.26 Å². The Hall–Kier alpha value is -3.84. The molecule has 10 heteroatoms. The number of benzene rings is 2. The third-order valence-electron chi connectivity index (χ3n) is 3.99. The van der Waals surface area contributed by atoms with Gasteiger partial charge in [0.1, 0.15) is 6.07 Å². The molecule has 0 spiro atoms. The van der Waals surface area contributed by atoms with E-state index in [1.165, 1.54) is 12.1 Å². The fraction of sp³-hybridized carbons (Fsp3) is 0.150. The first-order valence-corrected chi connectivity index (χ1v) is 10.1. The van der Waals surface area contributed by atoms with Crippen LogP contribution in [0.3, 0.4) is 0 Å². The van der Waals surface area contributed by atoms with Crippen LogP contribution in [0.15, 0.2) is 53.4 Å². The van der Waals surface area contributed by atoms with Gasteiger partial charge in [-0.15, -0.1) is 0 Å². The van der Waals surface area contributed by atoms with Crippen LogP contribution in [0.2, 0.25) is 0 Å². The van der Waals surface area contributed by atoms with Crippen LogP contribution < -0.4 is 5.73 Å². The maximum atomic E-state index is 12.9. The molecule has 0 saturated carbocycles. The Balaban J connectivity index is 0.000000343. The molecule has 156 valence electrons. The predicted octanol–water partition coefficient (Wildman–Crippen LogP) is 2.27. The van der Waals surface area contributed by atoms with Crippen molar-refractivity contribution < 1.29 is 27.9 Å². The normalized spacial score (nSPS) is 10.6. The van der Waals surface area contributed by atoms with Crippen molar-refractivity contribution in [3.63, 3.8) is 0 Å². The van der Waals surface area contributed by atoms with Crippen LogP contribution in [0.5, 0.6) is 0 Å². The largest absolute Gasteiger partial charge is 0.473 e. The van der Waals surface area contributed by atoms with Gasteiger partial charge < -0.3 is 15.6 Å². The van der Waals surface area contributed by atoms with Crippen molar-refractivity contribution in [2.24, 2.45) is 0 Å². The van der Waals surface area contributed by atoms with E-state index in [-0.39, 0.29) is 22.9 Å². The number of fused-ring (bicyclic) bond motifs is 1. The Morgan fingerprint density at radius 3 is 2.27 bits per heavy atom. The van der Waals surface area contributed by atoms with Crippen LogP contribution in [0, 0.1) is 18.3 Å². The molecule has 0 bridgehead atoms. The number of rotatable bonds is 3. The number of aryl methyl sites for hydroxylation is 1. The molecule has 3 N–H and O–H groups in total. The number of hydrogen-bond donors (Lipinski definition) is 2. The van der Waals surface area contributed by atoms with E-state index in [9.17, 15) is 23.3 Å². The fourth-order valence-corrected chi connectivity index (χ4v) is 4.09. The van der Waals surface area contributed by atoms with Crippen molar-refractivity contribution in [2.75, 3.05) is 12.3 Å². The summed E-state index contributed by atoms with van der Waals surface area (Å²) in [5.74, 6) is -2.75. The van der Waals surface area contributed by atoms with E-state index in [1.54, 1.807) is 43.3 Å². The van der Waals surface area contributed by atoms with Gasteiger partial charge in [0.25, 0.3) is 10.0 Å². The van der Waals surface area contributed by atoms with Crippen molar-refractivity contribution in [1.82, 2.24) is 3.97 Å². The monoisotopic (exact) mass is 429 g/mol. The fourth-order valence-electron chi connectivity index (χ4n) is 2.60. The topological polar surface area (TPSA) is 152 Å².